The highest BCUT2D eigenvalue weighted by atomic mass is 35.5. The lowest BCUT2D eigenvalue weighted by molar-refractivity contribution is 0.102. The molecule has 9 nitrogen and oxygen atoms in total. The smallest absolute Gasteiger partial charge is 0.262 e. The molecule has 4 rings (SSSR count). The number of nitrogens with one attached hydrogen (secondary N) is 2. The van der Waals surface area contributed by atoms with E-state index in [1.165, 1.54) is 25.4 Å². The van der Waals surface area contributed by atoms with E-state index in [-0.39, 0.29) is 28.2 Å². The number of phenolic OH excluding ortho intramolecular Hbond substituents is 1. The first kappa shape index (κ1) is 25.2. The Bertz CT molecular complexity index is 1330. The lowest BCUT2D eigenvalue weighted by Gasteiger charge is -2.29. The largest absolute Gasteiger partial charge is 0.508 e. The fourth-order valence-electron chi connectivity index (χ4n) is 4.28. The van der Waals surface area contributed by atoms with Gasteiger partial charge in [0, 0.05) is 17.4 Å². The van der Waals surface area contributed by atoms with E-state index in [0.717, 1.165) is 31.5 Å². The SMILES string of the molecule is COc1nc(Nc2ccc(C3CCN(C)CC3)c(C#N)c2)ncc1C(=O)Nc1c(Cl)ccc(O)c1C. The van der Waals surface area contributed by atoms with E-state index in [1.807, 2.05) is 12.1 Å². The van der Waals surface area contributed by atoms with Gasteiger partial charge in [0.1, 0.15) is 11.3 Å². The van der Waals surface area contributed by atoms with Crippen molar-refractivity contribution in [3.63, 3.8) is 0 Å². The number of nitriles is 1. The van der Waals surface area contributed by atoms with Gasteiger partial charge in [-0.15, -0.1) is 0 Å². The van der Waals surface area contributed by atoms with E-state index in [0.29, 0.717) is 28.4 Å². The molecule has 0 aliphatic carbocycles. The monoisotopic (exact) mass is 506 g/mol. The molecule has 0 spiro atoms. The molecule has 1 aliphatic rings. The van der Waals surface area contributed by atoms with Crippen LogP contribution in [0.25, 0.3) is 0 Å². The molecule has 1 fully saturated rings. The van der Waals surface area contributed by atoms with Gasteiger partial charge in [0.15, 0.2) is 0 Å². The van der Waals surface area contributed by atoms with E-state index < -0.39 is 5.91 Å². The predicted molar refractivity (Wildman–Crippen MR) is 138 cm³/mol. The maximum Gasteiger partial charge on any atom is 0.262 e. The van der Waals surface area contributed by atoms with E-state index >= 15 is 0 Å². The van der Waals surface area contributed by atoms with Gasteiger partial charge in [-0.2, -0.15) is 10.2 Å². The van der Waals surface area contributed by atoms with E-state index in [9.17, 15) is 15.2 Å². The van der Waals surface area contributed by atoms with Crippen molar-refractivity contribution in [1.29, 1.82) is 5.26 Å². The number of hydrogen-bond acceptors (Lipinski definition) is 8. The van der Waals surface area contributed by atoms with Gasteiger partial charge in [-0.05, 0) is 75.6 Å². The summed E-state index contributed by atoms with van der Waals surface area (Å²) in [5.41, 5.74) is 3.16. The van der Waals surface area contributed by atoms with Crippen LogP contribution in [0.5, 0.6) is 11.6 Å². The summed E-state index contributed by atoms with van der Waals surface area (Å²) in [6, 6.07) is 10.9. The van der Waals surface area contributed by atoms with Gasteiger partial charge in [-0.1, -0.05) is 17.7 Å². The summed E-state index contributed by atoms with van der Waals surface area (Å²) in [5.74, 6) is 0.107. The summed E-state index contributed by atoms with van der Waals surface area (Å²) in [6.07, 6.45) is 3.39. The van der Waals surface area contributed by atoms with Crippen LogP contribution in [0, 0.1) is 18.3 Å². The number of hydrogen-bond donors (Lipinski definition) is 3. The molecule has 3 N–H and O–H groups in total. The molecular formula is C26H27ClN6O3. The summed E-state index contributed by atoms with van der Waals surface area (Å²) in [6.45, 7) is 3.67. The molecule has 1 aliphatic heterocycles. The van der Waals surface area contributed by atoms with Gasteiger partial charge < -0.3 is 25.4 Å². The molecule has 0 saturated carbocycles. The molecule has 186 valence electrons. The Labute approximate surface area is 214 Å². The molecule has 0 radical (unpaired) electrons. The molecule has 0 bridgehead atoms. The van der Waals surface area contributed by atoms with Crippen LogP contribution in [0.1, 0.15) is 45.8 Å². The Morgan fingerprint density at radius 1 is 1.28 bits per heavy atom. The third-order valence-electron chi connectivity index (χ3n) is 6.40. The van der Waals surface area contributed by atoms with Crippen molar-refractivity contribution in [2.75, 3.05) is 37.9 Å². The summed E-state index contributed by atoms with van der Waals surface area (Å²) >= 11 is 6.19. The Morgan fingerprint density at radius 3 is 2.72 bits per heavy atom. The Morgan fingerprint density at radius 2 is 2.03 bits per heavy atom. The zero-order valence-corrected chi connectivity index (χ0v) is 21.1. The van der Waals surface area contributed by atoms with E-state index in [4.69, 9.17) is 16.3 Å². The molecule has 2 heterocycles. The number of amides is 1. The van der Waals surface area contributed by atoms with Crippen molar-refractivity contribution >= 4 is 34.8 Å². The lowest BCUT2D eigenvalue weighted by Crippen LogP contribution is -2.29. The molecular weight excluding hydrogens is 480 g/mol. The Kier molecular flexibility index (Phi) is 7.58. The van der Waals surface area contributed by atoms with Crippen LogP contribution in [0.2, 0.25) is 5.02 Å². The van der Waals surface area contributed by atoms with Crippen LogP contribution in [0.15, 0.2) is 36.5 Å². The van der Waals surface area contributed by atoms with Crippen molar-refractivity contribution < 1.29 is 14.6 Å². The van der Waals surface area contributed by atoms with Crippen LogP contribution in [-0.4, -0.2) is 53.1 Å². The van der Waals surface area contributed by atoms with Crippen LogP contribution < -0.4 is 15.4 Å². The van der Waals surface area contributed by atoms with Crippen LogP contribution in [0.3, 0.4) is 0 Å². The number of aromatic nitrogens is 2. The molecule has 1 saturated heterocycles. The number of aromatic hydroxyl groups is 1. The minimum Gasteiger partial charge on any atom is -0.508 e. The number of phenols is 1. The maximum absolute atomic E-state index is 12.9. The molecule has 0 unspecified atom stereocenters. The number of benzene rings is 2. The van der Waals surface area contributed by atoms with Gasteiger partial charge in [0.2, 0.25) is 11.8 Å². The quantitative estimate of drug-likeness (QED) is 0.434. The standard InChI is InChI=1S/C26H27ClN6O3/c1-15-22(34)7-6-21(27)23(15)31-24(35)20-14-29-26(32-25(20)36-3)30-18-4-5-19(17(12-18)13-28)16-8-10-33(2)11-9-16/h4-7,12,14,16,34H,8-11H2,1-3H3,(H,31,35)(H,29,30,32). The molecule has 36 heavy (non-hydrogen) atoms. The molecule has 3 aromatic rings. The number of anilines is 3. The van der Waals surface area contributed by atoms with E-state index in [2.05, 4.69) is 38.6 Å². The lowest BCUT2D eigenvalue weighted by atomic mass is 9.86. The number of likely N-dealkylation sites (tertiary alicyclic amines) is 1. The number of carbonyl (C=O) groups is 1. The van der Waals surface area contributed by atoms with Crippen molar-refractivity contribution in [3.8, 4) is 17.7 Å². The first-order valence-electron chi connectivity index (χ1n) is 11.5. The fraction of sp³-hybridized carbons (Fsp3) is 0.308. The number of halogens is 1. The number of ether oxygens (including phenoxy) is 1. The molecule has 10 heteroatoms. The molecule has 0 atom stereocenters. The number of carbonyl (C=O) groups excluding carboxylic acids is 1. The van der Waals surface area contributed by atoms with Crippen LogP contribution >= 0.6 is 11.6 Å². The van der Waals surface area contributed by atoms with Crippen molar-refractivity contribution in [1.82, 2.24) is 14.9 Å². The minimum atomic E-state index is -0.539. The molecule has 2 aromatic carbocycles. The first-order chi connectivity index (χ1) is 17.3. The number of methoxy groups -OCH3 is 1. The minimum absolute atomic E-state index is 0.0102. The second-order valence-electron chi connectivity index (χ2n) is 8.75. The highest BCUT2D eigenvalue weighted by Gasteiger charge is 2.22. The molecule has 1 aromatic heterocycles. The van der Waals surface area contributed by atoms with Gasteiger partial charge in [-0.3, -0.25) is 4.79 Å². The third kappa shape index (κ3) is 5.35. The molecule has 1 amide bonds. The zero-order valence-electron chi connectivity index (χ0n) is 20.3. The van der Waals surface area contributed by atoms with Gasteiger partial charge in [-0.25, -0.2) is 4.98 Å². The van der Waals surface area contributed by atoms with Crippen LogP contribution in [0.4, 0.5) is 17.3 Å². The van der Waals surface area contributed by atoms with Crippen molar-refractivity contribution in [2.45, 2.75) is 25.7 Å². The number of piperidine rings is 1. The normalized spacial score (nSPS) is 14.2. The zero-order chi connectivity index (χ0) is 25.8. The first-order valence-corrected chi connectivity index (χ1v) is 11.9. The summed E-state index contributed by atoms with van der Waals surface area (Å²) in [4.78, 5) is 23.8. The van der Waals surface area contributed by atoms with E-state index in [1.54, 1.807) is 13.0 Å². The maximum atomic E-state index is 12.9. The summed E-state index contributed by atoms with van der Waals surface area (Å²) in [7, 11) is 3.51. The number of rotatable bonds is 6. The highest BCUT2D eigenvalue weighted by Crippen LogP contribution is 2.34. The second-order valence-corrected chi connectivity index (χ2v) is 9.16. The Balaban J connectivity index is 1.53. The average Bonchev–Trinajstić information content (AvgIpc) is 2.89. The van der Waals surface area contributed by atoms with Gasteiger partial charge in [0.05, 0.1) is 29.5 Å². The second kappa shape index (κ2) is 10.8. The third-order valence-corrected chi connectivity index (χ3v) is 6.72. The van der Waals surface area contributed by atoms with Gasteiger partial charge in [0.25, 0.3) is 5.91 Å². The number of nitrogens with zero attached hydrogens (tertiary/aromatic N) is 4. The predicted octanol–water partition coefficient (Wildman–Crippen LogP) is 4.83. The summed E-state index contributed by atoms with van der Waals surface area (Å²) < 4.78 is 5.33. The summed E-state index contributed by atoms with van der Waals surface area (Å²) in [5, 5.41) is 25.7. The Hall–Kier alpha value is -3.87. The highest BCUT2D eigenvalue weighted by molar-refractivity contribution is 6.34. The average molecular weight is 507 g/mol. The van der Waals surface area contributed by atoms with Crippen molar-refractivity contribution in [3.05, 3.63) is 63.8 Å². The fourth-order valence-corrected chi connectivity index (χ4v) is 4.53. The topological polar surface area (TPSA) is 123 Å². The van der Waals surface area contributed by atoms with Gasteiger partial charge >= 0.3 is 0 Å². The van der Waals surface area contributed by atoms with Crippen LogP contribution in [-0.2, 0) is 0 Å². The van der Waals surface area contributed by atoms with Crippen molar-refractivity contribution in [2.24, 2.45) is 0 Å².